The van der Waals surface area contributed by atoms with Gasteiger partial charge >= 0.3 is 0 Å². The highest BCUT2D eigenvalue weighted by Crippen LogP contribution is 2.20. The van der Waals surface area contributed by atoms with Crippen molar-refractivity contribution in [3.63, 3.8) is 0 Å². The van der Waals surface area contributed by atoms with Crippen LogP contribution >= 0.6 is 0 Å². The molecule has 0 bridgehead atoms. The Hall–Kier alpha value is -2.53. The molecular weight excluding hydrogens is 256 g/mol. The molecule has 0 unspecified atom stereocenters. The molecule has 2 rings (SSSR count). The van der Waals surface area contributed by atoms with Crippen molar-refractivity contribution in [3.8, 4) is 6.07 Å². The van der Waals surface area contributed by atoms with Crippen molar-refractivity contribution in [1.82, 2.24) is 0 Å². The number of allylic oxidation sites excluding steroid dienone is 1. The van der Waals surface area contributed by atoms with E-state index in [2.05, 4.69) is 49.1 Å². The molecule has 0 amide bonds. The summed E-state index contributed by atoms with van der Waals surface area (Å²) in [6.07, 6.45) is 1.93. The Bertz CT molecular complexity index is 630. The van der Waals surface area contributed by atoms with Gasteiger partial charge in [0.1, 0.15) is 0 Å². The van der Waals surface area contributed by atoms with Crippen molar-refractivity contribution in [2.45, 2.75) is 13.8 Å². The smallest absolute Gasteiger partial charge is 0.0998 e. The average Bonchev–Trinajstić information content (AvgIpc) is 2.56. The first-order chi connectivity index (χ1) is 10.3. The molecule has 0 heterocycles. The zero-order valence-electron chi connectivity index (χ0n) is 12.6. The van der Waals surface area contributed by atoms with Gasteiger partial charge in [-0.2, -0.15) is 5.26 Å². The van der Waals surface area contributed by atoms with Crippen LogP contribution in [-0.2, 0) is 0 Å². The first kappa shape index (κ1) is 14.9. The minimum atomic E-state index is 0.686. The first-order valence-electron chi connectivity index (χ1n) is 7.30. The second-order valence-electron chi connectivity index (χ2n) is 4.80. The second-order valence-corrected chi connectivity index (χ2v) is 4.80. The standard InChI is InChI=1S/C19H20N2/c1-3-21(4-2)19-12-10-16(11-13-19)14-18(15-20)17-8-6-5-7-9-17/h5-14H,3-4H2,1-2H3/b18-14+. The fourth-order valence-corrected chi connectivity index (χ4v) is 2.33. The lowest BCUT2D eigenvalue weighted by atomic mass is 10.0. The summed E-state index contributed by atoms with van der Waals surface area (Å²) in [4.78, 5) is 2.30. The van der Waals surface area contributed by atoms with Gasteiger partial charge in [-0.15, -0.1) is 0 Å². The van der Waals surface area contributed by atoms with Gasteiger partial charge in [0.05, 0.1) is 11.6 Å². The lowest BCUT2D eigenvalue weighted by Gasteiger charge is -2.20. The summed E-state index contributed by atoms with van der Waals surface area (Å²) < 4.78 is 0. The molecule has 0 saturated heterocycles. The maximum atomic E-state index is 9.33. The Balaban J connectivity index is 2.26. The minimum Gasteiger partial charge on any atom is -0.372 e. The van der Waals surface area contributed by atoms with Crippen LogP contribution in [0.2, 0.25) is 0 Å². The summed E-state index contributed by atoms with van der Waals surface area (Å²) in [6, 6.07) is 20.4. The van der Waals surface area contributed by atoms with E-state index in [9.17, 15) is 5.26 Å². The monoisotopic (exact) mass is 276 g/mol. The van der Waals surface area contributed by atoms with Crippen LogP contribution in [0.15, 0.2) is 54.6 Å². The number of hydrogen-bond acceptors (Lipinski definition) is 2. The molecule has 0 atom stereocenters. The molecule has 0 radical (unpaired) electrons. The third kappa shape index (κ3) is 3.73. The third-order valence-electron chi connectivity index (χ3n) is 3.54. The van der Waals surface area contributed by atoms with Gasteiger partial charge in [-0.25, -0.2) is 0 Å². The van der Waals surface area contributed by atoms with Gasteiger partial charge in [0.25, 0.3) is 0 Å². The number of anilines is 1. The zero-order valence-corrected chi connectivity index (χ0v) is 12.6. The summed E-state index contributed by atoms with van der Waals surface area (Å²) in [5, 5.41) is 9.33. The van der Waals surface area contributed by atoms with E-state index in [1.165, 1.54) is 5.69 Å². The van der Waals surface area contributed by atoms with Gasteiger partial charge in [0.15, 0.2) is 0 Å². The van der Waals surface area contributed by atoms with Gasteiger partial charge in [0, 0.05) is 18.8 Å². The second kappa shape index (κ2) is 7.31. The molecule has 0 N–H and O–H groups in total. The molecule has 106 valence electrons. The van der Waals surface area contributed by atoms with Gasteiger partial charge in [-0.3, -0.25) is 0 Å². The van der Waals surface area contributed by atoms with E-state index in [4.69, 9.17) is 0 Å². The van der Waals surface area contributed by atoms with Gasteiger partial charge in [0.2, 0.25) is 0 Å². The van der Waals surface area contributed by atoms with Crippen LogP contribution < -0.4 is 4.90 Å². The number of benzene rings is 2. The molecule has 2 aromatic carbocycles. The van der Waals surface area contributed by atoms with Gasteiger partial charge in [-0.1, -0.05) is 42.5 Å². The van der Waals surface area contributed by atoms with Crippen LogP contribution in [0.25, 0.3) is 11.6 Å². The van der Waals surface area contributed by atoms with Crippen molar-refractivity contribution >= 4 is 17.3 Å². The third-order valence-corrected chi connectivity index (χ3v) is 3.54. The molecule has 0 aliphatic heterocycles. The number of nitriles is 1. The Labute approximate surface area is 127 Å². The largest absolute Gasteiger partial charge is 0.372 e. The SMILES string of the molecule is CCN(CC)c1ccc(/C=C(\C#N)c2ccccc2)cc1. The topological polar surface area (TPSA) is 27.0 Å². The van der Waals surface area contributed by atoms with Crippen LogP contribution in [0, 0.1) is 11.3 Å². The summed E-state index contributed by atoms with van der Waals surface area (Å²) in [7, 11) is 0. The molecule has 0 spiro atoms. The van der Waals surface area contributed by atoms with Gasteiger partial charge in [-0.05, 0) is 43.2 Å². The lowest BCUT2D eigenvalue weighted by Crippen LogP contribution is -2.21. The molecule has 0 fully saturated rings. The van der Waals surface area contributed by atoms with Crippen LogP contribution in [-0.4, -0.2) is 13.1 Å². The highest BCUT2D eigenvalue weighted by molar-refractivity contribution is 5.89. The Morgan fingerprint density at radius 2 is 1.62 bits per heavy atom. The summed E-state index contributed by atoms with van der Waals surface area (Å²) in [5.41, 5.74) is 3.90. The predicted molar refractivity (Wildman–Crippen MR) is 89.9 cm³/mol. The Kier molecular flexibility index (Phi) is 5.17. The van der Waals surface area contributed by atoms with Crippen LogP contribution in [0.5, 0.6) is 0 Å². The van der Waals surface area contributed by atoms with Crippen molar-refractivity contribution in [1.29, 1.82) is 5.26 Å². The van der Waals surface area contributed by atoms with E-state index in [0.717, 1.165) is 24.2 Å². The summed E-state index contributed by atoms with van der Waals surface area (Å²) >= 11 is 0. The zero-order chi connectivity index (χ0) is 15.1. The molecule has 0 saturated carbocycles. The van der Waals surface area contributed by atoms with Crippen molar-refractivity contribution < 1.29 is 0 Å². The van der Waals surface area contributed by atoms with Crippen LogP contribution in [0.4, 0.5) is 5.69 Å². The van der Waals surface area contributed by atoms with E-state index >= 15 is 0 Å². The van der Waals surface area contributed by atoms with Crippen LogP contribution in [0.3, 0.4) is 0 Å². The molecule has 0 aliphatic rings. The minimum absolute atomic E-state index is 0.686. The maximum absolute atomic E-state index is 9.33. The Morgan fingerprint density at radius 1 is 1.00 bits per heavy atom. The molecule has 2 heteroatoms. The fourth-order valence-electron chi connectivity index (χ4n) is 2.33. The first-order valence-corrected chi connectivity index (χ1v) is 7.30. The molecule has 0 aliphatic carbocycles. The molecular formula is C19H20N2. The van der Waals surface area contributed by atoms with E-state index in [1.54, 1.807) is 0 Å². The summed E-state index contributed by atoms with van der Waals surface area (Å²) in [6.45, 7) is 6.30. The number of rotatable bonds is 5. The highest BCUT2D eigenvalue weighted by Gasteiger charge is 2.02. The van der Waals surface area contributed by atoms with E-state index in [1.807, 2.05) is 36.4 Å². The van der Waals surface area contributed by atoms with E-state index in [0.29, 0.717) is 5.57 Å². The van der Waals surface area contributed by atoms with Crippen molar-refractivity contribution in [3.05, 3.63) is 65.7 Å². The van der Waals surface area contributed by atoms with Crippen molar-refractivity contribution in [2.24, 2.45) is 0 Å². The summed E-state index contributed by atoms with van der Waals surface area (Å²) in [5.74, 6) is 0. The number of hydrogen-bond donors (Lipinski definition) is 0. The van der Waals surface area contributed by atoms with Crippen molar-refractivity contribution in [2.75, 3.05) is 18.0 Å². The average molecular weight is 276 g/mol. The quantitative estimate of drug-likeness (QED) is 0.589. The van der Waals surface area contributed by atoms with Crippen LogP contribution in [0.1, 0.15) is 25.0 Å². The fraction of sp³-hybridized carbons (Fsp3) is 0.211. The van der Waals surface area contributed by atoms with Gasteiger partial charge < -0.3 is 4.90 Å². The lowest BCUT2D eigenvalue weighted by molar-refractivity contribution is 0.866. The maximum Gasteiger partial charge on any atom is 0.0998 e. The number of nitrogens with zero attached hydrogens (tertiary/aromatic N) is 2. The molecule has 0 aromatic heterocycles. The predicted octanol–water partition coefficient (Wildman–Crippen LogP) is 4.60. The molecule has 2 aromatic rings. The van der Waals surface area contributed by atoms with E-state index in [-0.39, 0.29) is 0 Å². The molecule has 2 nitrogen and oxygen atoms in total. The Morgan fingerprint density at radius 3 is 2.14 bits per heavy atom. The normalized spacial score (nSPS) is 11.0. The highest BCUT2D eigenvalue weighted by atomic mass is 15.1. The molecule has 21 heavy (non-hydrogen) atoms. The van der Waals surface area contributed by atoms with E-state index < -0.39 is 0 Å².